The predicted octanol–water partition coefficient (Wildman–Crippen LogP) is 2.57. The molecule has 0 bridgehead atoms. The number of benzene rings is 1. The van der Waals surface area contributed by atoms with Gasteiger partial charge in [0.05, 0.1) is 6.04 Å². The Morgan fingerprint density at radius 2 is 1.88 bits per heavy atom. The molecule has 3 aliphatic heterocycles. The van der Waals surface area contributed by atoms with Crippen LogP contribution in [0.1, 0.15) is 37.7 Å². The maximum atomic E-state index is 13.2. The Kier molecular flexibility index (Phi) is 4.85. The van der Waals surface area contributed by atoms with Crippen LogP contribution in [0.2, 0.25) is 0 Å². The van der Waals surface area contributed by atoms with Crippen molar-refractivity contribution in [3.63, 3.8) is 0 Å². The fourth-order valence-electron chi connectivity index (χ4n) is 4.30. The molecule has 0 aliphatic carbocycles. The van der Waals surface area contributed by atoms with Gasteiger partial charge in [-0.05, 0) is 24.9 Å². The van der Waals surface area contributed by atoms with E-state index in [1.165, 1.54) is 5.56 Å². The van der Waals surface area contributed by atoms with Crippen molar-refractivity contribution in [2.75, 3.05) is 26.2 Å². The number of carbonyl (C=O) groups is 2. The molecular weight excluding hydrogens is 332 g/mol. The molecule has 3 heterocycles. The maximum Gasteiger partial charge on any atom is 0.509 e. The first kappa shape index (κ1) is 17.3. The molecule has 1 aromatic rings. The molecule has 1 atom stereocenters. The van der Waals surface area contributed by atoms with Crippen molar-refractivity contribution in [3.05, 3.63) is 35.9 Å². The van der Waals surface area contributed by atoms with E-state index in [0.717, 1.165) is 32.4 Å². The molecule has 26 heavy (non-hydrogen) atoms. The van der Waals surface area contributed by atoms with Crippen LogP contribution >= 0.6 is 0 Å². The molecule has 6 heteroatoms. The van der Waals surface area contributed by atoms with Crippen molar-refractivity contribution in [2.24, 2.45) is 0 Å². The van der Waals surface area contributed by atoms with E-state index in [2.05, 4.69) is 17.0 Å². The lowest BCUT2D eigenvalue weighted by Gasteiger charge is -2.41. The number of amides is 1. The van der Waals surface area contributed by atoms with Gasteiger partial charge in [0.25, 0.3) is 0 Å². The van der Waals surface area contributed by atoms with Gasteiger partial charge in [-0.1, -0.05) is 36.8 Å². The van der Waals surface area contributed by atoms with Gasteiger partial charge >= 0.3 is 6.16 Å². The van der Waals surface area contributed by atoms with Crippen LogP contribution < -0.4 is 0 Å². The molecule has 4 rings (SSSR count). The Morgan fingerprint density at radius 1 is 1.12 bits per heavy atom. The van der Waals surface area contributed by atoms with Gasteiger partial charge in [0.2, 0.25) is 5.91 Å². The average molecular weight is 358 g/mol. The molecule has 3 fully saturated rings. The minimum atomic E-state index is -0.578. The van der Waals surface area contributed by atoms with Gasteiger partial charge < -0.3 is 14.4 Å². The summed E-state index contributed by atoms with van der Waals surface area (Å²) in [7, 11) is 0. The monoisotopic (exact) mass is 358 g/mol. The van der Waals surface area contributed by atoms with Gasteiger partial charge in [0, 0.05) is 32.5 Å². The first-order valence-electron chi connectivity index (χ1n) is 9.58. The smallest absolute Gasteiger partial charge is 0.430 e. The highest BCUT2D eigenvalue weighted by atomic mass is 16.8. The molecule has 1 amide bonds. The highest BCUT2D eigenvalue weighted by Gasteiger charge is 2.46. The van der Waals surface area contributed by atoms with Crippen LogP contribution in [0, 0.1) is 0 Å². The Balaban J connectivity index is 1.39. The Morgan fingerprint density at radius 3 is 2.58 bits per heavy atom. The van der Waals surface area contributed by atoms with E-state index in [4.69, 9.17) is 9.47 Å². The summed E-state index contributed by atoms with van der Waals surface area (Å²) in [6.45, 7) is 3.36. The highest BCUT2D eigenvalue weighted by Crippen LogP contribution is 2.32. The minimum Gasteiger partial charge on any atom is -0.430 e. The zero-order chi connectivity index (χ0) is 18.0. The second-order valence-electron chi connectivity index (χ2n) is 7.62. The third kappa shape index (κ3) is 3.56. The second-order valence-corrected chi connectivity index (χ2v) is 7.62. The van der Waals surface area contributed by atoms with Gasteiger partial charge in [-0.2, -0.15) is 0 Å². The third-order valence-electron chi connectivity index (χ3n) is 5.87. The molecule has 140 valence electrons. The van der Waals surface area contributed by atoms with Gasteiger partial charge in [-0.25, -0.2) is 4.79 Å². The maximum absolute atomic E-state index is 13.2. The SMILES string of the molecule is O=C1OCC2(CCN(C(=O)[C@H]3CCCCN3Cc3ccccc3)CC2)O1. The molecule has 0 N–H and O–H groups in total. The summed E-state index contributed by atoms with van der Waals surface area (Å²) < 4.78 is 10.3. The lowest BCUT2D eigenvalue weighted by atomic mass is 9.91. The van der Waals surface area contributed by atoms with E-state index < -0.39 is 11.8 Å². The highest BCUT2D eigenvalue weighted by molar-refractivity contribution is 5.82. The average Bonchev–Trinajstić information content (AvgIpc) is 3.03. The number of piperidine rings is 2. The largest absolute Gasteiger partial charge is 0.509 e. The molecule has 3 aliphatic rings. The predicted molar refractivity (Wildman–Crippen MR) is 95.5 cm³/mol. The van der Waals surface area contributed by atoms with Gasteiger partial charge in [0.15, 0.2) is 5.60 Å². The Hall–Kier alpha value is -2.08. The summed E-state index contributed by atoms with van der Waals surface area (Å²) in [5.41, 5.74) is 0.740. The first-order chi connectivity index (χ1) is 12.7. The molecule has 0 radical (unpaired) electrons. The lowest BCUT2D eigenvalue weighted by molar-refractivity contribution is -0.142. The van der Waals surface area contributed by atoms with Crippen LogP contribution in [-0.2, 0) is 20.8 Å². The zero-order valence-electron chi connectivity index (χ0n) is 15.1. The minimum absolute atomic E-state index is 0.0413. The van der Waals surface area contributed by atoms with Crippen molar-refractivity contribution in [2.45, 2.75) is 50.3 Å². The van der Waals surface area contributed by atoms with E-state index >= 15 is 0 Å². The number of carbonyl (C=O) groups excluding carboxylic acids is 2. The number of hydrogen-bond donors (Lipinski definition) is 0. The molecule has 1 aromatic carbocycles. The zero-order valence-corrected chi connectivity index (χ0v) is 15.1. The Labute approximate surface area is 154 Å². The van der Waals surface area contributed by atoms with Crippen molar-refractivity contribution < 1.29 is 19.1 Å². The number of nitrogens with zero attached hydrogens (tertiary/aromatic N) is 2. The van der Waals surface area contributed by atoms with E-state index in [1.807, 2.05) is 23.1 Å². The van der Waals surface area contributed by atoms with Crippen molar-refractivity contribution in [1.29, 1.82) is 0 Å². The fourth-order valence-corrected chi connectivity index (χ4v) is 4.30. The van der Waals surface area contributed by atoms with Crippen LogP contribution in [0.4, 0.5) is 4.79 Å². The molecule has 0 unspecified atom stereocenters. The topological polar surface area (TPSA) is 59.1 Å². The van der Waals surface area contributed by atoms with Crippen LogP contribution in [0.3, 0.4) is 0 Å². The quantitative estimate of drug-likeness (QED) is 0.777. The number of ether oxygens (including phenoxy) is 2. The summed E-state index contributed by atoms with van der Waals surface area (Å²) >= 11 is 0. The molecule has 6 nitrogen and oxygen atoms in total. The number of hydrogen-bond acceptors (Lipinski definition) is 5. The summed E-state index contributed by atoms with van der Waals surface area (Å²) in [6, 6.07) is 10.3. The molecule has 1 spiro atoms. The van der Waals surface area contributed by atoms with Crippen molar-refractivity contribution >= 4 is 12.1 Å². The first-order valence-corrected chi connectivity index (χ1v) is 9.58. The van der Waals surface area contributed by atoms with Crippen molar-refractivity contribution in [1.82, 2.24) is 9.80 Å². The standard InChI is InChI=1S/C20H26N2O4/c23-18(21-12-9-20(10-13-21)15-25-19(24)26-20)17-8-4-5-11-22(17)14-16-6-2-1-3-7-16/h1-3,6-7,17H,4-5,8-15H2/t17-/m1/s1. The fraction of sp³-hybridized carbons (Fsp3) is 0.600. The Bertz CT molecular complexity index is 655. The normalized spacial score (nSPS) is 25.8. The molecule has 0 aromatic heterocycles. The van der Waals surface area contributed by atoms with Crippen LogP contribution in [-0.4, -0.2) is 59.7 Å². The number of cyclic esters (lactones) is 1. The van der Waals surface area contributed by atoms with Crippen LogP contribution in [0.25, 0.3) is 0 Å². The lowest BCUT2D eigenvalue weighted by Crippen LogP contribution is -2.55. The van der Waals surface area contributed by atoms with E-state index in [0.29, 0.717) is 32.5 Å². The molecule has 0 saturated carbocycles. The molecule has 3 saturated heterocycles. The van der Waals surface area contributed by atoms with E-state index in [9.17, 15) is 9.59 Å². The van der Waals surface area contributed by atoms with Gasteiger partial charge in [-0.3, -0.25) is 9.69 Å². The second kappa shape index (κ2) is 7.27. The van der Waals surface area contributed by atoms with Crippen LogP contribution in [0.15, 0.2) is 30.3 Å². The summed E-state index contributed by atoms with van der Waals surface area (Å²) in [5.74, 6) is 0.223. The van der Waals surface area contributed by atoms with Crippen molar-refractivity contribution in [3.8, 4) is 0 Å². The summed E-state index contributed by atoms with van der Waals surface area (Å²) in [6.07, 6.45) is 3.92. The van der Waals surface area contributed by atoms with E-state index in [1.54, 1.807) is 0 Å². The number of rotatable bonds is 3. The van der Waals surface area contributed by atoms with E-state index in [-0.39, 0.29) is 11.9 Å². The van der Waals surface area contributed by atoms with Gasteiger partial charge in [-0.15, -0.1) is 0 Å². The van der Waals surface area contributed by atoms with Crippen LogP contribution in [0.5, 0.6) is 0 Å². The third-order valence-corrected chi connectivity index (χ3v) is 5.87. The van der Waals surface area contributed by atoms with Gasteiger partial charge in [0.1, 0.15) is 6.61 Å². The number of likely N-dealkylation sites (tertiary alicyclic amines) is 2. The summed E-state index contributed by atoms with van der Waals surface area (Å²) in [5, 5.41) is 0. The molecular formula is C20H26N2O4. The summed E-state index contributed by atoms with van der Waals surface area (Å²) in [4.78, 5) is 28.7.